The molecule has 80 heavy (non-hydrogen) atoms. The minimum Gasteiger partial charge on any atom is -0.309 e. The normalized spacial score (nSPS) is 22.1. The second kappa shape index (κ2) is 26.6. The fourth-order valence-corrected chi connectivity index (χ4v) is 8.88. The Morgan fingerprint density at radius 1 is 0.275 bits per heavy atom. The fourth-order valence-electron chi connectivity index (χ4n) is 8.88. The Bertz CT molecular complexity index is 2370. The molecule has 448 valence electrons. The lowest BCUT2D eigenvalue weighted by atomic mass is 9.86. The Morgan fingerprint density at radius 3 is 0.525 bits per heavy atom. The van der Waals surface area contributed by atoms with Crippen LogP contribution in [0.1, 0.15) is 105 Å². The van der Waals surface area contributed by atoms with Crippen LogP contribution in [0.3, 0.4) is 0 Å². The van der Waals surface area contributed by atoms with Crippen molar-refractivity contribution < 1.29 is 71.9 Å². The topological polar surface area (TPSA) is 94.2 Å². The van der Waals surface area contributed by atoms with Gasteiger partial charge in [-0.15, -0.1) is 0 Å². The lowest BCUT2D eigenvalue weighted by molar-refractivity contribution is -0.219. The van der Waals surface area contributed by atoms with E-state index in [0.717, 1.165) is 47.3 Å². The highest BCUT2D eigenvalue weighted by molar-refractivity contribution is 5.98. The van der Waals surface area contributed by atoms with Crippen LogP contribution < -0.4 is 19.6 Å². The van der Waals surface area contributed by atoms with E-state index in [9.17, 15) is 71.9 Å². The Kier molecular flexibility index (Phi) is 23.6. The number of benzene rings is 4. The number of carbonyl (C=O) groups is 4. The summed E-state index contributed by atoms with van der Waals surface area (Å²) in [6, 6.07) is 21.6. The molecule has 0 unspecified atom stereocenters. The molecule has 8 amide bonds. The van der Waals surface area contributed by atoms with Gasteiger partial charge in [-0.1, -0.05) is 128 Å². The molecule has 0 saturated heterocycles. The maximum atomic E-state index is 13.3. The van der Waals surface area contributed by atoms with Crippen molar-refractivity contribution in [2.75, 3.05) is 76.0 Å². The first kappa shape index (κ1) is 71.1. The van der Waals surface area contributed by atoms with Crippen molar-refractivity contribution in [3.63, 3.8) is 0 Å². The first-order chi connectivity index (χ1) is 36.8. The largest absolute Gasteiger partial charge is 0.415 e. The number of hydrogen-bond acceptors (Lipinski definition) is 4. The number of halogens is 12. The molecule has 4 aliphatic heterocycles. The van der Waals surface area contributed by atoms with Crippen LogP contribution in [-0.2, 0) is 22.2 Å². The number of fused-ring (bicyclic) bond motifs is 4. The summed E-state index contributed by atoms with van der Waals surface area (Å²) in [6.45, 7) is 20.1. The predicted octanol–water partition coefficient (Wildman–Crippen LogP) is 16.0. The van der Waals surface area contributed by atoms with Gasteiger partial charge < -0.3 is 19.6 Å². The van der Waals surface area contributed by atoms with Gasteiger partial charge in [0.25, 0.3) is 0 Å². The van der Waals surface area contributed by atoms with Gasteiger partial charge in [0.1, 0.15) is 0 Å². The van der Waals surface area contributed by atoms with Gasteiger partial charge in [-0.3, -0.25) is 19.6 Å². The van der Waals surface area contributed by atoms with Crippen LogP contribution in [0.4, 0.5) is 94.6 Å². The maximum Gasteiger partial charge on any atom is 0.415 e. The van der Waals surface area contributed by atoms with Crippen molar-refractivity contribution >= 4 is 46.9 Å². The molecule has 0 fully saturated rings. The Hall–Kier alpha value is -6.88. The van der Waals surface area contributed by atoms with Gasteiger partial charge >= 0.3 is 48.8 Å². The van der Waals surface area contributed by atoms with Gasteiger partial charge in [-0.25, -0.2) is 19.2 Å². The van der Waals surface area contributed by atoms with E-state index >= 15 is 0 Å². The molecule has 0 bridgehead atoms. The zero-order chi connectivity index (χ0) is 62.9. The molecule has 4 aliphatic rings. The molecule has 4 heterocycles. The van der Waals surface area contributed by atoms with Crippen molar-refractivity contribution in [1.82, 2.24) is 19.6 Å². The SMILES string of the molecule is CC.CC.CC.CC.CN1C(=O)N(C)[C@](C)(C(F)(F)F)c2ccccc21.CN1C(=O)N(C)[C@](C)(C(F)(F)F)c2ccccc21.CN1C(=O)N(C)[C@](C)(C(F)(F)F)c2ccccc21.CN1C(=O)N(C)[C@](C)(C(F)(F)F)c2ccccc21. The molecule has 12 nitrogen and oxygen atoms in total. The van der Waals surface area contributed by atoms with Gasteiger partial charge in [0, 0.05) is 78.6 Å². The molecule has 8 rings (SSSR count). The summed E-state index contributed by atoms with van der Waals surface area (Å²) in [5.41, 5.74) is -7.68. The van der Waals surface area contributed by atoms with Crippen molar-refractivity contribution in [1.29, 1.82) is 0 Å². The number of nitrogens with zero attached hydrogens (tertiary/aromatic N) is 8. The van der Waals surface area contributed by atoms with Crippen LogP contribution >= 0.6 is 0 Å². The number of amides is 8. The highest BCUT2D eigenvalue weighted by Gasteiger charge is 2.63. The van der Waals surface area contributed by atoms with Crippen LogP contribution in [0.15, 0.2) is 97.1 Å². The zero-order valence-electron chi connectivity index (χ0n) is 49.0. The fraction of sp³-hybridized carbons (Fsp3) is 0.500. The Morgan fingerprint density at radius 2 is 0.400 bits per heavy atom. The molecular weight excluding hydrogens is 1080 g/mol. The molecule has 4 aromatic carbocycles. The second-order valence-corrected chi connectivity index (χ2v) is 18.0. The smallest absolute Gasteiger partial charge is 0.309 e. The molecule has 0 aliphatic carbocycles. The van der Waals surface area contributed by atoms with Gasteiger partial charge in [0.05, 0.1) is 22.7 Å². The number of alkyl halides is 12. The van der Waals surface area contributed by atoms with Crippen molar-refractivity contribution in [2.24, 2.45) is 0 Å². The number of anilines is 4. The number of rotatable bonds is 0. The molecule has 4 atom stereocenters. The van der Waals surface area contributed by atoms with Crippen molar-refractivity contribution in [2.45, 2.75) is 130 Å². The minimum atomic E-state index is -4.53. The maximum absolute atomic E-state index is 13.3. The summed E-state index contributed by atoms with van der Waals surface area (Å²) in [4.78, 5) is 55.4. The third-order valence-corrected chi connectivity index (χ3v) is 14.3. The zero-order valence-corrected chi connectivity index (χ0v) is 49.0. The molecule has 0 radical (unpaired) electrons. The molecule has 4 aromatic rings. The van der Waals surface area contributed by atoms with Gasteiger partial charge in [0.2, 0.25) is 0 Å². The molecule has 24 heteroatoms. The molecular formula is C56H76F12N8O4. The van der Waals surface area contributed by atoms with Crippen LogP contribution in [0.2, 0.25) is 0 Å². The van der Waals surface area contributed by atoms with Crippen molar-refractivity contribution in [3.05, 3.63) is 119 Å². The highest BCUT2D eigenvalue weighted by Crippen LogP contribution is 2.53. The lowest BCUT2D eigenvalue weighted by Gasteiger charge is -2.47. The van der Waals surface area contributed by atoms with E-state index in [4.69, 9.17) is 0 Å². The van der Waals surface area contributed by atoms with Gasteiger partial charge in [-0.05, 0) is 52.0 Å². The average molecular weight is 1150 g/mol. The van der Waals surface area contributed by atoms with E-state index in [1.165, 1.54) is 125 Å². The summed E-state index contributed by atoms with van der Waals surface area (Å²) >= 11 is 0. The van der Waals surface area contributed by atoms with E-state index in [1.54, 1.807) is 48.5 Å². The summed E-state index contributed by atoms with van der Waals surface area (Å²) in [5, 5.41) is 0. The Labute approximate surface area is 462 Å². The van der Waals surface area contributed by atoms with E-state index in [-0.39, 0.29) is 22.3 Å². The highest BCUT2D eigenvalue weighted by atomic mass is 19.4. The predicted molar refractivity (Wildman–Crippen MR) is 291 cm³/mol. The van der Waals surface area contributed by atoms with E-state index in [0.29, 0.717) is 22.7 Å². The Balaban J connectivity index is 0.000000511. The summed E-state index contributed by atoms with van der Waals surface area (Å²) < 4.78 is 160. The monoisotopic (exact) mass is 1150 g/mol. The standard InChI is InChI=1S/4C12H13F3N2O.4C2H6/c4*1-11(12(13,14)15)8-6-4-5-7-9(8)16(2)10(18)17(11)3;4*1-2/h4*4-7H,1-3H3;4*1-2H3/t4*11-;;;;/m0000..../s1. The summed E-state index contributed by atoms with van der Waals surface area (Å²) in [6.07, 6.45) is -18.1. The van der Waals surface area contributed by atoms with Crippen molar-refractivity contribution in [3.8, 4) is 0 Å². The molecule has 0 N–H and O–H groups in total. The van der Waals surface area contributed by atoms with Crippen LogP contribution in [0, 0.1) is 0 Å². The molecule has 0 spiro atoms. The van der Waals surface area contributed by atoms with Gasteiger partial charge in [-0.2, -0.15) is 52.7 Å². The second-order valence-electron chi connectivity index (χ2n) is 18.0. The van der Waals surface area contributed by atoms with Crippen LogP contribution in [0.25, 0.3) is 0 Å². The summed E-state index contributed by atoms with van der Waals surface area (Å²) in [5.74, 6) is 0. The number of carbonyl (C=O) groups excluding carboxylic acids is 4. The molecule has 0 aromatic heterocycles. The molecule has 0 saturated carbocycles. The van der Waals surface area contributed by atoms with E-state index in [1.807, 2.05) is 55.4 Å². The first-order valence-electron chi connectivity index (χ1n) is 25.5. The van der Waals surface area contributed by atoms with Crippen LogP contribution in [0.5, 0.6) is 0 Å². The lowest BCUT2D eigenvalue weighted by Crippen LogP contribution is -2.61. The number of hydrogen-bond donors (Lipinski definition) is 0. The number of urea groups is 4. The first-order valence-corrected chi connectivity index (χ1v) is 25.5. The van der Waals surface area contributed by atoms with E-state index < -0.39 is 71.0 Å². The van der Waals surface area contributed by atoms with Gasteiger partial charge in [0.15, 0.2) is 22.2 Å². The average Bonchev–Trinajstić information content (AvgIpc) is 3.44. The third-order valence-electron chi connectivity index (χ3n) is 14.3. The minimum absolute atomic E-state index is 0.0853. The summed E-state index contributed by atoms with van der Waals surface area (Å²) in [7, 11) is 10.5. The number of para-hydroxylation sites is 4. The quantitative estimate of drug-likeness (QED) is 0.164. The third kappa shape index (κ3) is 12.2. The van der Waals surface area contributed by atoms with E-state index in [2.05, 4.69) is 0 Å². The van der Waals surface area contributed by atoms with Crippen LogP contribution in [-0.4, -0.2) is 125 Å².